The van der Waals surface area contributed by atoms with Crippen molar-refractivity contribution in [3.05, 3.63) is 64.3 Å². The molecule has 4 aromatic rings. The summed E-state index contributed by atoms with van der Waals surface area (Å²) >= 11 is 12.5. The van der Waals surface area contributed by atoms with E-state index in [1.807, 2.05) is 23.9 Å². The number of halogens is 2. The predicted octanol–water partition coefficient (Wildman–Crippen LogP) is 5.20. The summed E-state index contributed by atoms with van der Waals surface area (Å²) in [5, 5.41) is 16.0. The van der Waals surface area contributed by atoms with Gasteiger partial charge in [0.05, 0.1) is 27.4 Å². The van der Waals surface area contributed by atoms with Crippen molar-refractivity contribution in [1.82, 2.24) is 29.9 Å². The first-order valence-corrected chi connectivity index (χ1v) is 12.6. The van der Waals surface area contributed by atoms with Crippen LogP contribution in [0.5, 0.6) is 5.75 Å². The van der Waals surface area contributed by atoms with Gasteiger partial charge in [0.15, 0.2) is 5.69 Å². The molecule has 11 heteroatoms. The van der Waals surface area contributed by atoms with E-state index in [1.54, 1.807) is 18.3 Å². The summed E-state index contributed by atoms with van der Waals surface area (Å²) in [7, 11) is 2.15. The highest BCUT2D eigenvalue weighted by Crippen LogP contribution is 2.33. The smallest absolute Gasteiger partial charge is 0.276 e. The van der Waals surface area contributed by atoms with Crippen molar-refractivity contribution in [2.45, 2.75) is 32.4 Å². The SMILES string of the molecule is C[C@@H](Oc1ccc2[nH]nc(C(=O)Nc3cnn(CC4CCCN(C)C4)c3)c2c1)c1c(Cl)cncc1Cl. The molecule has 3 aromatic heterocycles. The van der Waals surface area contributed by atoms with Gasteiger partial charge in [-0.05, 0) is 57.5 Å². The number of carbonyl (C=O) groups excluding carboxylic acids is 1. The Morgan fingerprint density at radius 3 is 2.86 bits per heavy atom. The highest BCUT2D eigenvalue weighted by Gasteiger charge is 2.20. The molecule has 5 rings (SSSR count). The number of piperidine rings is 1. The molecule has 0 radical (unpaired) electrons. The van der Waals surface area contributed by atoms with E-state index in [9.17, 15) is 4.79 Å². The predicted molar refractivity (Wildman–Crippen MR) is 140 cm³/mol. The highest BCUT2D eigenvalue weighted by molar-refractivity contribution is 6.35. The third-order valence-corrected chi connectivity index (χ3v) is 7.02. The second-order valence-electron chi connectivity index (χ2n) is 9.23. The lowest BCUT2D eigenvalue weighted by molar-refractivity contribution is 0.102. The first-order chi connectivity index (χ1) is 17.4. The van der Waals surface area contributed by atoms with Crippen LogP contribution in [-0.4, -0.2) is 55.9 Å². The Balaban J connectivity index is 1.29. The number of nitrogens with one attached hydrogen (secondary N) is 2. The van der Waals surface area contributed by atoms with Crippen molar-refractivity contribution in [1.29, 1.82) is 0 Å². The van der Waals surface area contributed by atoms with Gasteiger partial charge in [-0.25, -0.2) is 0 Å². The highest BCUT2D eigenvalue weighted by atomic mass is 35.5. The van der Waals surface area contributed by atoms with Crippen LogP contribution in [-0.2, 0) is 6.54 Å². The van der Waals surface area contributed by atoms with E-state index < -0.39 is 6.10 Å². The molecule has 1 aromatic carbocycles. The maximum absolute atomic E-state index is 13.1. The Labute approximate surface area is 218 Å². The number of amides is 1. The summed E-state index contributed by atoms with van der Waals surface area (Å²) in [6.07, 6.45) is 8.54. The number of aromatic amines is 1. The number of pyridine rings is 1. The summed E-state index contributed by atoms with van der Waals surface area (Å²) in [6, 6.07) is 5.39. The number of aromatic nitrogens is 5. The Hall–Kier alpha value is -3.14. The summed E-state index contributed by atoms with van der Waals surface area (Å²) in [4.78, 5) is 19.4. The van der Waals surface area contributed by atoms with E-state index in [0.29, 0.717) is 38.3 Å². The molecule has 1 amide bonds. The molecule has 2 N–H and O–H groups in total. The lowest BCUT2D eigenvalue weighted by Crippen LogP contribution is -2.34. The van der Waals surface area contributed by atoms with E-state index in [2.05, 4.69) is 37.5 Å². The third kappa shape index (κ3) is 5.33. The van der Waals surface area contributed by atoms with Gasteiger partial charge in [0.1, 0.15) is 11.9 Å². The monoisotopic (exact) mass is 527 g/mol. The molecular formula is C25H27Cl2N7O2. The summed E-state index contributed by atoms with van der Waals surface area (Å²) in [5.74, 6) is 0.781. The molecule has 0 spiro atoms. The molecule has 1 aliphatic rings. The van der Waals surface area contributed by atoms with Crippen LogP contribution in [0.2, 0.25) is 10.0 Å². The second-order valence-corrected chi connectivity index (χ2v) is 10.0. The summed E-state index contributed by atoms with van der Waals surface area (Å²) < 4.78 is 7.98. The van der Waals surface area contributed by atoms with Gasteiger partial charge in [0.25, 0.3) is 5.91 Å². The summed E-state index contributed by atoms with van der Waals surface area (Å²) in [6.45, 7) is 4.88. The molecule has 1 unspecified atom stereocenters. The fourth-order valence-electron chi connectivity index (χ4n) is 4.72. The van der Waals surface area contributed by atoms with E-state index in [1.165, 1.54) is 25.2 Å². The number of anilines is 1. The van der Waals surface area contributed by atoms with Crippen LogP contribution in [0.15, 0.2) is 43.0 Å². The molecular weight excluding hydrogens is 501 g/mol. The minimum atomic E-state index is -0.426. The molecule has 0 saturated carbocycles. The third-order valence-electron chi connectivity index (χ3n) is 6.42. The number of ether oxygens (including phenoxy) is 1. The van der Waals surface area contributed by atoms with Crippen molar-refractivity contribution >= 4 is 45.7 Å². The molecule has 1 aliphatic heterocycles. The quantitative estimate of drug-likeness (QED) is 0.342. The van der Waals surface area contributed by atoms with Gasteiger partial charge in [0.2, 0.25) is 0 Å². The number of H-pyrrole nitrogens is 1. The molecule has 9 nitrogen and oxygen atoms in total. The molecule has 188 valence electrons. The largest absolute Gasteiger partial charge is 0.486 e. The molecule has 1 fully saturated rings. The lowest BCUT2D eigenvalue weighted by atomic mass is 9.99. The molecule has 0 aliphatic carbocycles. The molecule has 4 heterocycles. The second kappa shape index (κ2) is 10.5. The van der Waals surface area contributed by atoms with Gasteiger partial charge in [-0.2, -0.15) is 10.2 Å². The minimum absolute atomic E-state index is 0.268. The number of fused-ring (bicyclic) bond motifs is 1. The van der Waals surface area contributed by atoms with Crippen molar-refractivity contribution in [3.63, 3.8) is 0 Å². The number of hydrogen-bond donors (Lipinski definition) is 2. The molecule has 36 heavy (non-hydrogen) atoms. The van der Waals surface area contributed by atoms with Crippen LogP contribution in [0.25, 0.3) is 10.9 Å². The first kappa shape index (κ1) is 24.5. The summed E-state index contributed by atoms with van der Waals surface area (Å²) in [5.41, 5.74) is 2.26. The Morgan fingerprint density at radius 1 is 1.28 bits per heavy atom. The van der Waals surface area contributed by atoms with E-state index >= 15 is 0 Å². The number of benzene rings is 1. The van der Waals surface area contributed by atoms with Crippen LogP contribution in [0.4, 0.5) is 5.69 Å². The maximum atomic E-state index is 13.1. The fraction of sp³-hybridized carbons (Fsp3) is 0.360. The maximum Gasteiger partial charge on any atom is 0.276 e. The van der Waals surface area contributed by atoms with Gasteiger partial charge in [-0.15, -0.1) is 0 Å². The van der Waals surface area contributed by atoms with Crippen LogP contribution < -0.4 is 10.1 Å². The molecule has 2 atom stereocenters. The fourth-order valence-corrected chi connectivity index (χ4v) is 5.39. The Bertz CT molecular complexity index is 1370. The van der Waals surface area contributed by atoms with Gasteiger partial charge < -0.3 is 15.0 Å². The van der Waals surface area contributed by atoms with Crippen LogP contribution >= 0.6 is 23.2 Å². The van der Waals surface area contributed by atoms with Crippen LogP contribution in [0.3, 0.4) is 0 Å². The van der Waals surface area contributed by atoms with Crippen molar-refractivity contribution < 1.29 is 9.53 Å². The zero-order chi connectivity index (χ0) is 25.2. The number of likely N-dealkylation sites (tertiary alicyclic amines) is 1. The van der Waals surface area contributed by atoms with Gasteiger partial charge in [-0.1, -0.05) is 23.2 Å². The van der Waals surface area contributed by atoms with Crippen molar-refractivity contribution in [2.24, 2.45) is 5.92 Å². The number of nitrogens with zero attached hydrogens (tertiary/aromatic N) is 5. The zero-order valence-electron chi connectivity index (χ0n) is 20.0. The molecule has 0 bridgehead atoms. The van der Waals surface area contributed by atoms with Gasteiger partial charge >= 0.3 is 0 Å². The first-order valence-electron chi connectivity index (χ1n) is 11.8. The standard InChI is InChI=1S/C25H27Cl2N7O2/c1-15(23-20(26)10-28-11-21(23)27)36-18-5-6-22-19(8-18)24(32-31-22)25(35)30-17-9-29-34(14-17)13-16-4-3-7-33(2)12-16/h5-6,8-11,14-16H,3-4,7,12-13H2,1-2H3,(H,30,35)(H,31,32)/t15-,16?/m1/s1. The van der Waals surface area contributed by atoms with Crippen LogP contribution in [0.1, 0.15) is 41.9 Å². The molecule has 1 saturated heterocycles. The zero-order valence-corrected chi connectivity index (χ0v) is 21.6. The average molecular weight is 528 g/mol. The lowest BCUT2D eigenvalue weighted by Gasteiger charge is -2.29. The number of hydrogen-bond acceptors (Lipinski definition) is 6. The van der Waals surface area contributed by atoms with Gasteiger partial charge in [0, 0.05) is 42.6 Å². The van der Waals surface area contributed by atoms with E-state index in [0.717, 1.165) is 25.2 Å². The normalized spacial score (nSPS) is 17.3. The Morgan fingerprint density at radius 2 is 2.08 bits per heavy atom. The van der Waals surface area contributed by atoms with Crippen molar-refractivity contribution in [3.8, 4) is 5.75 Å². The number of rotatable bonds is 7. The minimum Gasteiger partial charge on any atom is -0.486 e. The van der Waals surface area contributed by atoms with E-state index in [-0.39, 0.29) is 11.6 Å². The van der Waals surface area contributed by atoms with E-state index in [4.69, 9.17) is 27.9 Å². The van der Waals surface area contributed by atoms with Crippen LogP contribution in [0, 0.1) is 5.92 Å². The number of carbonyl (C=O) groups is 1. The topological polar surface area (TPSA) is 101 Å². The average Bonchev–Trinajstić information content (AvgIpc) is 3.45. The van der Waals surface area contributed by atoms with Gasteiger partial charge in [-0.3, -0.25) is 19.6 Å². The Kier molecular flexibility index (Phi) is 7.13. The van der Waals surface area contributed by atoms with Crippen molar-refractivity contribution in [2.75, 3.05) is 25.5 Å².